The Kier molecular flexibility index (Phi) is 3.76. The SMILES string of the molecule is Cc1ccc(C(C=O)(NC=O)c2ccccc2)cc1. The molecule has 2 aromatic carbocycles. The summed E-state index contributed by atoms with van der Waals surface area (Å²) in [6.07, 6.45) is 1.32. The zero-order valence-corrected chi connectivity index (χ0v) is 10.7. The second-order valence-corrected chi connectivity index (χ2v) is 4.42. The lowest BCUT2D eigenvalue weighted by Gasteiger charge is -2.28. The molecule has 3 heteroatoms. The Morgan fingerprint density at radius 3 is 2.00 bits per heavy atom. The third-order valence-corrected chi connectivity index (χ3v) is 3.20. The minimum absolute atomic E-state index is 0.557. The minimum atomic E-state index is -1.13. The first-order chi connectivity index (χ1) is 9.23. The largest absolute Gasteiger partial charge is 0.339 e. The summed E-state index contributed by atoms with van der Waals surface area (Å²) in [5.41, 5.74) is 1.45. The lowest BCUT2D eigenvalue weighted by Crippen LogP contribution is -2.44. The van der Waals surface area contributed by atoms with Gasteiger partial charge in [-0.3, -0.25) is 9.59 Å². The summed E-state index contributed by atoms with van der Waals surface area (Å²) >= 11 is 0. The molecule has 0 aliphatic carbocycles. The summed E-state index contributed by atoms with van der Waals surface area (Å²) in [7, 11) is 0. The van der Waals surface area contributed by atoms with Gasteiger partial charge in [-0.05, 0) is 18.1 Å². The molecule has 96 valence electrons. The molecule has 0 aliphatic heterocycles. The number of aryl methyl sites for hydroxylation is 1. The highest BCUT2D eigenvalue weighted by Gasteiger charge is 2.33. The number of carbonyl (C=O) groups excluding carboxylic acids is 2. The van der Waals surface area contributed by atoms with E-state index in [0.29, 0.717) is 6.41 Å². The second-order valence-electron chi connectivity index (χ2n) is 4.42. The van der Waals surface area contributed by atoms with E-state index in [4.69, 9.17) is 0 Å². The van der Waals surface area contributed by atoms with Crippen molar-refractivity contribution in [2.45, 2.75) is 12.5 Å². The van der Waals surface area contributed by atoms with Gasteiger partial charge in [0.05, 0.1) is 0 Å². The second kappa shape index (κ2) is 5.48. The van der Waals surface area contributed by atoms with Crippen molar-refractivity contribution in [3.63, 3.8) is 0 Å². The number of amides is 1. The molecule has 1 unspecified atom stereocenters. The first-order valence-corrected chi connectivity index (χ1v) is 6.03. The van der Waals surface area contributed by atoms with Crippen molar-refractivity contribution < 1.29 is 9.59 Å². The van der Waals surface area contributed by atoms with E-state index in [2.05, 4.69) is 5.32 Å². The Morgan fingerprint density at radius 2 is 1.47 bits per heavy atom. The maximum atomic E-state index is 11.7. The maximum absolute atomic E-state index is 11.7. The molecule has 0 heterocycles. The van der Waals surface area contributed by atoms with Crippen LogP contribution in [0.2, 0.25) is 0 Å². The summed E-state index contributed by atoms with van der Waals surface area (Å²) in [6.45, 7) is 1.97. The summed E-state index contributed by atoms with van der Waals surface area (Å²) in [6, 6.07) is 16.7. The molecular formula is C16H15NO2. The van der Waals surface area contributed by atoms with Crippen LogP contribution < -0.4 is 5.32 Å². The van der Waals surface area contributed by atoms with Gasteiger partial charge in [0.15, 0.2) is 6.29 Å². The lowest BCUT2D eigenvalue weighted by molar-refractivity contribution is -0.118. The van der Waals surface area contributed by atoms with Gasteiger partial charge in [0.2, 0.25) is 6.41 Å². The number of hydrogen-bond acceptors (Lipinski definition) is 2. The van der Waals surface area contributed by atoms with Crippen LogP contribution in [0.3, 0.4) is 0 Å². The van der Waals surface area contributed by atoms with Crippen molar-refractivity contribution >= 4 is 12.7 Å². The highest BCUT2D eigenvalue weighted by atomic mass is 16.1. The fourth-order valence-electron chi connectivity index (χ4n) is 2.11. The number of hydrogen-bond donors (Lipinski definition) is 1. The molecule has 0 aromatic heterocycles. The van der Waals surface area contributed by atoms with E-state index in [9.17, 15) is 9.59 Å². The summed E-state index contributed by atoms with van der Waals surface area (Å²) in [5, 5.41) is 2.65. The molecule has 2 rings (SSSR count). The number of carbonyl (C=O) groups is 2. The van der Waals surface area contributed by atoms with E-state index in [1.807, 2.05) is 61.5 Å². The Balaban J connectivity index is 2.60. The number of nitrogens with one attached hydrogen (secondary N) is 1. The van der Waals surface area contributed by atoms with Crippen LogP contribution in [-0.2, 0) is 15.1 Å². The van der Waals surface area contributed by atoms with Crippen LogP contribution in [0.5, 0.6) is 0 Å². The summed E-state index contributed by atoms with van der Waals surface area (Å²) in [5.74, 6) is 0. The van der Waals surface area contributed by atoms with Gasteiger partial charge in [-0.1, -0.05) is 60.2 Å². The van der Waals surface area contributed by atoms with Gasteiger partial charge in [0, 0.05) is 0 Å². The molecule has 0 fully saturated rings. The third kappa shape index (κ3) is 2.40. The average Bonchev–Trinajstić information content (AvgIpc) is 2.47. The Bertz CT molecular complexity index is 563. The van der Waals surface area contributed by atoms with Crippen molar-refractivity contribution in [3.05, 3.63) is 71.3 Å². The van der Waals surface area contributed by atoms with E-state index < -0.39 is 5.54 Å². The van der Waals surface area contributed by atoms with Crippen LogP contribution in [0, 0.1) is 6.92 Å². The van der Waals surface area contributed by atoms with E-state index in [1.165, 1.54) is 0 Å². The molecule has 3 nitrogen and oxygen atoms in total. The summed E-state index contributed by atoms with van der Waals surface area (Å²) in [4.78, 5) is 22.6. The smallest absolute Gasteiger partial charge is 0.208 e. The maximum Gasteiger partial charge on any atom is 0.208 e. The van der Waals surface area contributed by atoms with Crippen molar-refractivity contribution in [2.75, 3.05) is 0 Å². The van der Waals surface area contributed by atoms with E-state index >= 15 is 0 Å². The molecule has 0 bridgehead atoms. The predicted molar refractivity (Wildman–Crippen MR) is 73.7 cm³/mol. The fraction of sp³-hybridized carbons (Fsp3) is 0.125. The molecule has 0 saturated carbocycles. The van der Waals surface area contributed by atoms with Gasteiger partial charge in [0.25, 0.3) is 0 Å². The van der Waals surface area contributed by atoms with Crippen molar-refractivity contribution in [3.8, 4) is 0 Å². The zero-order chi connectivity index (χ0) is 13.7. The molecule has 19 heavy (non-hydrogen) atoms. The lowest BCUT2D eigenvalue weighted by atomic mass is 9.84. The zero-order valence-electron chi connectivity index (χ0n) is 10.7. The standard InChI is InChI=1S/C16H15NO2/c1-13-7-9-15(10-8-13)16(11-18,17-12-19)14-5-3-2-4-6-14/h2-12H,1H3,(H,17,19). The molecule has 1 atom stereocenters. The third-order valence-electron chi connectivity index (χ3n) is 3.20. The van der Waals surface area contributed by atoms with E-state index in [-0.39, 0.29) is 0 Å². The van der Waals surface area contributed by atoms with Crippen LogP contribution in [0.15, 0.2) is 54.6 Å². The molecule has 0 aliphatic rings. The number of benzene rings is 2. The number of rotatable bonds is 5. The van der Waals surface area contributed by atoms with Crippen molar-refractivity contribution in [2.24, 2.45) is 0 Å². The first-order valence-electron chi connectivity index (χ1n) is 6.03. The van der Waals surface area contributed by atoms with E-state index in [0.717, 1.165) is 23.0 Å². The molecule has 0 radical (unpaired) electrons. The quantitative estimate of drug-likeness (QED) is 0.830. The molecule has 0 saturated heterocycles. The van der Waals surface area contributed by atoms with E-state index in [1.54, 1.807) is 0 Å². The monoisotopic (exact) mass is 253 g/mol. The molecule has 2 aromatic rings. The topological polar surface area (TPSA) is 46.2 Å². The highest BCUT2D eigenvalue weighted by molar-refractivity contribution is 5.78. The fourth-order valence-corrected chi connectivity index (χ4v) is 2.11. The van der Waals surface area contributed by atoms with Crippen LogP contribution >= 0.6 is 0 Å². The Hall–Kier alpha value is -2.42. The van der Waals surface area contributed by atoms with Gasteiger partial charge in [0.1, 0.15) is 5.54 Å². The summed E-state index contributed by atoms with van der Waals surface area (Å²) < 4.78 is 0. The average molecular weight is 253 g/mol. The van der Waals surface area contributed by atoms with Crippen LogP contribution in [0.1, 0.15) is 16.7 Å². The van der Waals surface area contributed by atoms with Crippen LogP contribution in [0.25, 0.3) is 0 Å². The molecule has 0 spiro atoms. The number of aldehydes is 1. The first kappa shape index (κ1) is 13.0. The van der Waals surface area contributed by atoms with Gasteiger partial charge in [-0.25, -0.2) is 0 Å². The molecule has 1 amide bonds. The Morgan fingerprint density at radius 1 is 0.895 bits per heavy atom. The normalized spacial score (nSPS) is 13.3. The highest BCUT2D eigenvalue weighted by Crippen LogP contribution is 2.27. The minimum Gasteiger partial charge on any atom is -0.339 e. The van der Waals surface area contributed by atoms with Crippen LogP contribution in [0.4, 0.5) is 0 Å². The molecule has 1 N–H and O–H groups in total. The van der Waals surface area contributed by atoms with Crippen molar-refractivity contribution in [1.82, 2.24) is 5.32 Å². The molecular weight excluding hydrogens is 238 g/mol. The van der Waals surface area contributed by atoms with Gasteiger partial charge in [-0.2, -0.15) is 0 Å². The van der Waals surface area contributed by atoms with Gasteiger partial charge in [-0.15, -0.1) is 0 Å². The Labute approximate surface area is 112 Å². The van der Waals surface area contributed by atoms with Crippen LogP contribution in [-0.4, -0.2) is 12.7 Å². The van der Waals surface area contributed by atoms with Crippen molar-refractivity contribution in [1.29, 1.82) is 0 Å². The predicted octanol–water partition coefficient (Wildman–Crippen LogP) is 2.18. The van der Waals surface area contributed by atoms with Gasteiger partial charge < -0.3 is 5.32 Å². The van der Waals surface area contributed by atoms with Gasteiger partial charge >= 0.3 is 0 Å².